The molecule has 1 atom stereocenters. The maximum absolute atomic E-state index is 14.0. The van der Waals surface area contributed by atoms with Crippen molar-refractivity contribution in [2.24, 2.45) is 0 Å². The molecule has 4 aromatic rings. The quantitative estimate of drug-likeness (QED) is 0.333. The molecule has 2 aliphatic rings. The maximum Gasteiger partial charge on any atom is 0.277 e. The monoisotopic (exact) mass is 533 g/mol. The zero-order valence-corrected chi connectivity index (χ0v) is 22.2. The second kappa shape index (κ2) is 11.5. The number of fused-ring (bicyclic) bond motifs is 5. The van der Waals surface area contributed by atoms with Gasteiger partial charge in [0.2, 0.25) is 5.43 Å². The summed E-state index contributed by atoms with van der Waals surface area (Å²) in [6.45, 7) is 1.53. The van der Waals surface area contributed by atoms with Crippen molar-refractivity contribution in [1.29, 1.82) is 0 Å². The van der Waals surface area contributed by atoms with E-state index >= 15 is 0 Å². The molecular weight excluding hydrogens is 502 g/mol. The minimum absolute atomic E-state index is 0.0617. The Morgan fingerprint density at radius 2 is 1.60 bits per heavy atom. The van der Waals surface area contributed by atoms with Crippen molar-refractivity contribution in [3.05, 3.63) is 142 Å². The molecule has 40 heavy (non-hydrogen) atoms. The third kappa shape index (κ3) is 5.10. The van der Waals surface area contributed by atoms with Crippen LogP contribution in [0.1, 0.15) is 46.1 Å². The van der Waals surface area contributed by atoms with Crippen molar-refractivity contribution in [2.45, 2.75) is 25.5 Å². The highest BCUT2D eigenvalue weighted by Gasteiger charge is 2.37. The van der Waals surface area contributed by atoms with Gasteiger partial charge >= 0.3 is 0 Å². The van der Waals surface area contributed by atoms with Crippen LogP contribution >= 0.6 is 0 Å². The Labute approximate surface area is 233 Å². The Morgan fingerprint density at radius 1 is 0.850 bits per heavy atom. The SMILES string of the molecule is O=C1c2c(OCc3ccccc3)c(=O)ccn2N2CN1CCC/C=C\COc1ccccc1[C@H]2c1ccccc1. The molecule has 0 aliphatic carbocycles. The minimum atomic E-state index is -0.321. The molecule has 0 saturated heterocycles. The fourth-order valence-corrected chi connectivity index (χ4v) is 5.33. The molecule has 0 spiro atoms. The van der Waals surface area contributed by atoms with Crippen LogP contribution in [0.25, 0.3) is 0 Å². The highest BCUT2D eigenvalue weighted by atomic mass is 16.5. The molecule has 0 saturated carbocycles. The largest absolute Gasteiger partial charge is 0.489 e. The fraction of sp³-hybridized carbons (Fsp3) is 0.212. The van der Waals surface area contributed by atoms with Crippen LogP contribution in [0.2, 0.25) is 0 Å². The van der Waals surface area contributed by atoms with Gasteiger partial charge in [-0.3, -0.25) is 19.3 Å². The summed E-state index contributed by atoms with van der Waals surface area (Å²) in [6, 6.07) is 29.0. The molecule has 7 heteroatoms. The normalized spacial score (nSPS) is 17.8. The lowest BCUT2D eigenvalue weighted by Gasteiger charge is -2.44. The first-order valence-corrected chi connectivity index (χ1v) is 13.6. The van der Waals surface area contributed by atoms with Gasteiger partial charge in [0.15, 0.2) is 11.4 Å². The van der Waals surface area contributed by atoms with Gasteiger partial charge in [-0.25, -0.2) is 0 Å². The summed E-state index contributed by atoms with van der Waals surface area (Å²) >= 11 is 0. The van der Waals surface area contributed by atoms with Crippen LogP contribution in [0.15, 0.2) is 114 Å². The van der Waals surface area contributed by atoms with Gasteiger partial charge in [-0.15, -0.1) is 0 Å². The summed E-state index contributed by atoms with van der Waals surface area (Å²) in [5.41, 5.74) is 2.83. The number of amides is 1. The third-order valence-corrected chi connectivity index (χ3v) is 7.27. The Hall–Kier alpha value is -4.78. The zero-order valence-electron chi connectivity index (χ0n) is 22.2. The molecule has 1 amide bonds. The first kappa shape index (κ1) is 25.5. The number of nitrogens with zero attached hydrogens (tertiary/aromatic N) is 3. The van der Waals surface area contributed by atoms with Crippen molar-refractivity contribution in [2.75, 3.05) is 24.8 Å². The van der Waals surface area contributed by atoms with Crippen LogP contribution in [0.5, 0.6) is 11.5 Å². The number of carbonyl (C=O) groups is 1. The summed E-state index contributed by atoms with van der Waals surface area (Å²) in [7, 11) is 0. The van der Waals surface area contributed by atoms with E-state index in [1.54, 1.807) is 10.9 Å². The lowest BCUT2D eigenvalue weighted by molar-refractivity contribution is 0.0674. The average Bonchev–Trinajstić information content (AvgIpc) is 3.00. The Bertz CT molecular complexity index is 1570. The van der Waals surface area contributed by atoms with Crippen LogP contribution in [0.3, 0.4) is 0 Å². The summed E-state index contributed by atoms with van der Waals surface area (Å²) in [6.07, 6.45) is 7.40. The number of hydrogen-bond donors (Lipinski definition) is 0. The standard InChI is InChI=1S/C33H31N3O4/c37-28-19-21-35-31(32(28)40-23-25-13-5-3-6-14-25)33(38)34-20-11-1-2-12-22-39-29-18-10-9-17-27(29)30(36(35)24-34)26-15-7-4-8-16-26/h2-10,12-19,21,30H,1,11,20,22-24H2/b12-2-/t30-/m1/s1. The number of pyridine rings is 1. The summed E-state index contributed by atoms with van der Waals surface area (Å²) in [5.74, 6) is 0.616. The second-order valence-corrected chi connectivity index (χ2v) is 9.90. The van der Waals surface area contributed by atoms with Gasteiger partial charge in [-0.05, 0) is 30.0 Å². The van der Waals surface area contributed by atoms with E-state index in [0.717, 1.165) is 35.3 Å². The lowest BCUT2D eigenvalue weighted by atomic mass is 9.97. The van der Waals surface area contributed by atoms with Crippen LogP contribution < -0.4 is 19.9 Å². The van der Waals surface area contributed by atoms with E-state index in [1.165, 1.54) is 6.07 Å². The van der Waals surface area contributed by atoms with Crippen LogP contribution in [-0.2, 0) is 6.61 Å². The van der Waals surface area contributed by atoms with Gasteiger partial charge < -0.3 is 14.4 Å². The summed E-state index contributed by atoms with van der Waals surface area (Å²) < 4.78 is 14.2. The molecule has 2 aliphatic heterocycles. The molecule has 0 radical (unpaired) electrons. The number of hydrogen-bond acceptors (Lipinski definition) is 5. The van der Waals surface area contributed by atoms with Crippen molar-refractivity contribution >= 4 is 5.91 Å². The Morgan fingerprint density at radius 3 is 2.42 bits per heavy atom. The van der Waals surface area contributed by atoms with Gasteiger partial charge in [0.1, 0.15) is 31.7 Å². The predicted octanol–water partition coefficient (Wildman–Crippen LogP) is 5.30. The number of benzene rings is 3. The van der Waals surface area contributed by atoms with Gasteiger partial charge in [0, 0.05) is 24.4 Å². The molecule has 3 aromatic carbocycles. The van der Waals surface area contributed by atoms with Crippen LogP contribution in [0.4, 0.5) is 0 Å². The highest BCUT2D eigenvalue weighted by Crippen LogP contribution is 2.37. The van der Waals surface area contributed by atoms with E-state index in [0.29, 0.717) is 19.8 Å². The molecule has 0 N–H and O–H groups in total. The molecule has 0 unspecified atom stereocenters. The van der Waals surface area contributed by atoms with E-state index in [4.69, 9.17) is 9.47 Å². The molecule has 3 heterocycles. The number of para-hydroxylation sites is 1. The maximum atomic E-state index is 14.0. The topological polar surface area (TPSA) is 64.0 Å². The van der Waals surface area contributed by atoms with E-state index in [-0.39, 0.29) is 35.4 Å². The number of aromatic nitrogens is 1. The molecule has 7 nitrogen and oxygen atoms in total. The van der Waals surface area contributed by atoms with Gasteiger partial charge in [-0.1, -0.05) is 91.0 Å². The molecule has 2 bridgehead atoms. The van der Waals surface area contributed by atoms with Crippen molar-refractivity contribution in [1.82, 2.24) is 9.58 Å². The van der Waals surface area contributed by atoms with Crippen LogP contribution in [0, 0.1) is 0 Å². The number of allylic oxidation sites excluding steroid dienone is 1. The Balaban J connectivity index is 1.53. The Kier molecular flexibility index (Phi) is 7.35. The number of carbonyl (C=O) groups excluding carboxylic acids is 1. The molecular formula is C33H31N3O4. The van der Waals surface area contributed by atoms with Crippen molar-refractivity contribution in [3.63, 3.8) is 0 Å². The van der Waals surface area contributed by atoms with E-state index in [2.05, 4.69) is 29.3 Å². The smallest absolute Gasteiger partial charge is 0.277 e. The van der Waals surface area contributed by atoms with Crippen LogP contribution in [-0.4, -0.2) is 35.3 Å². The van der Waals surface area contributed by atoms with Crippen molar-refractivity contribution in [3.8, 4) is 11.5 Å². The minimum Gasteiger partial charge on any atom is -0.489 e. The first-order chi connectivity index (χ1) is 19.7. The molecule has 6 rings (SSSR count). The molecule has 202 valence electrons. The van der Waals surface area contributed by atoms with Crippen molar-refractivity contribution < 1.29 is 14.3 Å². The van der Waals surface area contributed by atoms with Gasteiger partial charge in [0.05, 0.1) is 0 Å². The fourth-order valence-electron chi connectivity index (χ4n) is 5.33. The average molecular weight is 534 g/mol. The lowest BCUT2D eigenvalue weighted by Crippen LogP contribution is -2.55. The number of ether oxygens (including phenoxy) is 2. The highest BCUT2D eigenvalue weighted by molar-refractivity contribution is 5.96. The molecule has 0 fully saturated rings. The van der Waals surface area contributed by atoms with Gasteiger partial charge in [-0.2, -0.15) is 0 Å². The first-order valence-electron chi connectivity index (χ1n) is 13.6. The van der Waals surface area contributed by atoms with E-state index in [9.17, 15) is 9.59 Å². The summed E-state index contributed by atoms with van der Waals surface area (Å²) in [4.78, 5) is 29.0. The zero-order chi connectivity index (χ0) is 27.3. The second-order valence-electron chi connectivity index (χ2n) is 9.90. The van der Waals surface area contributed by atoms with E-state index in [1.807, 2.05) is 77.7 Å². The third-order valence-electron chi connectivity index (χ3n) is 7.27. The predicted molar refractivity (Wildman–Crippen MR) is 154 cm³/mol. The van der Waals surface area contributed by atoms with Gasteiger partial charge in [0.25, 0.3) is 5.91 Å². The number of rotatable bonds is 4. The van der Waals surface area contributed by atoms with E-state index < -0.39 is 0 Å². The molecule has 1 aromatic heterocycles. The summed E-state index contributed by atoms with van der Waals surface area (Å²) in [5, 5.41) is 2.12.